The molecular weight excluding hydrogens is 698 g/mol. The number of ether oxygens (including phenoxy) is 2. The summed E-state index contributed by atoms with van der Waals surface area (Å²) in [5.74, 6) is -0.106. The van der Waals surface area contributed by atoms with Gasteiger partial charge in [0.1, 0.15) is 19.0 Å². The van der Waals surface area contributed by atoms with E-state index < -0.39 is 16.5 Å². The van der Waals surface area contributed by atoms with Crippen LogP contribution in [0.2, 0.25) is 10.0 Å². The van der Waals surface area contributed by atoms with Gasteiger partial charge in [0.05, 0.1) is 0 Å². The van der Waals surface area contributed by atoms with Crippen LogP contribution in [-0.4, -0.2) is 28.1 Å². The van der Waals surface area contributed by atoms with Crippen LogP contribution in [0.25, 0.3) is 0 Å². The topological polar surface area (TPSA) is 111 Å². The number of carbonyl (C=O) groups excluding carboxylic acids is 4. The van der Waals surface area contributed by atoms with Crippen molar-refractivity contribution in [1.29, 1.82) is 0 Å². The molecule has 1 atom stereocenters. The molecule has 0 heterocycles. The molecule has 0 spiro atoms. The molecule has 48 heavy (non-hydrogen) atoms. The Labute approximate surface area is 297 Å². The number of benzene rings is 4. The van der Waals surface area contributed by atoms with E-state index in [1.165, 1.54) is 0 Å². The number of Topliss-reactive ketones (excluding diaryl/α,β-unsaturated/α-hetero) is 2. The molecule has 2 aliphatic rings. The standard InChI is InChI=1S/C18H14Cl3NO3.C18H16ClNO3/c19-15-8-12(6-7-13(15)14-9-16(23)18(14,20)21)22-17(24)25-10-11-4-2-1-3-5-11;19-17-10-14(6-7-16(17)13-8-15(21)9-13)20-18(22)23-11-12-4-2-1-3-5-12/h1-8,14H,9-10H2,(H,22,24);1-7,10,13H,8-9,11H2,(H,20,22). The normalized spacial score (nSPS) is 16.4. The van der Waals surface area contributed by atoms with Gasteiger partial charge in [-0.05, 0) is 52.4 Å². The molecule has 2 saturated carbocycles. The lowest BCUT2D eigenvalue weighted by atomic mass is 9.77. The Hall–Kier alpha value is -4.08. The van der Waals surface area contributed by atoms with Gasteiger partial charge in [-0.25, -0.2) is 9.59 Å². The van der Waals surface area contributed by atoms with Crippen molar-refractivity contribution in [3.8, 4) is 0 Å². The summed E-state index contributed by atoms with van der Waals surface area (Å²) in [5.41, 5.74) is 4.49. The van der Waals surface area contributed by atoms with Crippen molar-refractivity contribution < 1.29 is 28.7 Å². The third-order valence-electron chi connectivity index (χ3n) is 7.88. The van der Waals surface area contributed by atoms with Gasteiger partial charge in [0, 0.05) is 46.6 Å². The summed E-state index contributed by atoms with van der Waals surface area (Å²) in [7, 11) is 0. The Balaban J connectivity index is 0.000000188. The second-order valence-electron chi connectivity index (χ2n) is 11.3. The molecule has 2 N–H and O–H groups in total. The van der Waals surface area contributed by atoms with Gasteiger partial charge in [0.2, 0.25) is 0 Å². The molecule has 4 aromatic carbocycles. The SMILES string of the molecule is O=C(Nc1ccc(C2CC(=O)C2(Cl)Cl)c(Cl)c1)OCc1ccccc1.O=C1CC(c2ccc(NC(=O)OCc3ccccc3)cc2Cl)C1. The van der Waals surface area contributed by atoms with Crippen LogP contribution in [0.1, 0.15) is 53.4 Å². The second-order valence-corrected chi connectivity index (χ2v) is 13.5. The van der Waals surface area contributed by atoms with Crippen LogP contribution in [0.3, 0.4) is 0 Å². The van der Waals surface area contributed by atoms with E-state index in [9.17, 15) is 19.2 Å². The molecule has 0 aliphatic heterocycles. The molecular formula is C36H30Cl4N2O6. The zero-order chi connectivity index (χ0) is 34.3. The zero-order valence-electron chi connectivity index (χ0n) is 25.4. The second kappa shape index (κ2) is 15.9. The highest BCUT2D eigenvalue weighted by Crippen LogP contribution is 2.52. The smallest absolute Gasteiger partial charge is 0.411 e. The van der Waals surface area contributed by atoms with Gasteiger partial charge >= 0.3 is 12.2 Å². The number of rotatable bonds is 8. The van der Waals surface area contributed by atoms with Crippen LogP contribution in [0, 0.1) is 0 Å². The average Bonchev–Trinajstić information content (AvgIpc) is 3.06. The highest BCUT2D eigenvalue weighted by atomic mass is 35.5. The van der Waals surface area contributed by atoms with Gasteiger partial charge < -0.3 is 9.47 Å². The number of amides is 2. The summed E-state index contributed by atoms with van der Waals surface area (Å²) in [6.45, 7) is 0.381. The third kappa shape index (κ3) is 9.08. The number of anilines is 2. The Bertz CT molecular complexity index is 1800. The van der Waals surface area contributed by atoms with Gasteiger partial charge in [-0.15, -0.1) is 0 Å². The largest absolute Gasteiger partial charge is 0.444 e. The first-order valence-corrected chi connectivity index (χ1v) is 16.5. The minimum atomic E-state index is -1.44. The van der Waals surface area contributed by atoms with Crippen molar-refractivity contribution in [2.75, 3.05) is 10.6 Å². The van der Waals surface area contributed by atoms with E-state index in [4.69, 9.17) is 55.9 Å². The predicted molar refractivity (Wildman–Crippen MR) is 187 cm³/mol. The lowest BCUT2D eigenvalue weighted by Gasteiger charge is -2.38. The molecule has 0 aromatic heterocycles. The van der Waals surface area contributed by atoms with Gasteiger partial charge in [0.25, 0.3) is 0 Å². The number of hydrogen-bond donors (Lipinski definition) is 2. The quantitative estimate of drug-likeness (QED) is 0.175. The highest BCUT2D eigenvalue weighted by molar-refractivity contribution is 6.61. The van der Waals surface area contributed by atoms with Gasteiger partial charge in [-0.3, -0.25) is 20.2 Å². The Morgan fingerprint density at radius 2 is 1.12 bits per heavy atom. The lowest BCUT2D eigenvalue weighted by Crippen LogP contribution is -2.45. The molecule has 0 saturated heterocycles. The number of halogens is 4. The molecule has 4 aromatic rings. The fourth-order valence-corrected chi connectivity index (χ4v) is 6.30. The van der Waals surface area contributed by atoms with E-state index >= 15 is 0 Å². The molecule has 248 valence electrons. The first-order chi connectivity index (χ1) is 23.0. The summed E-state index contributed by atoms with van der Waals surface area (Å²) in [4.78, 5) is 46.2. The first-order valence-electron chi connectivity index (χ1n) is 15.0. The molecule has 6 rings (SSSR count). The van der Waals surface area contributed by atoms with E-state index in [1.807, 2.05) is 66.7 Å². The van der Waals surface area contributed by atoms with Gasteiger partial charge in [-0.2, -0.15) is 0 Å². The number of nitrogens with one attached hydrogen (secondary N) is 2. The van der Waals surface area contributed by atoms with E-state index in [1.54, 1.807) is 30.3 Å². The van der Waals surface area contributed by atoms with Crippen LogP contribution in [0.15, 0.2) is 97.1 Å². The summed E-state index contributed by atoms with van der Waals surface area (Å²) >= 11 is 24.5. The minimum Gasteiger partial charge on any atom is -0.444 e. The van der Waals surface area contributed by atoms with E-state index in [-0.39, 0.29) is 43.0 Å². The summed E-state index contributed by atoms with van der Waals surface area (Å²) < 4.78 is 8.87. The van der Waals surface area contributed by atoms with Crippen molar-refractivity contribution in [2.24, 2.45) is 0 Å². The third-order valence-corrected chi connectivity index (χ3v) is 9.48. The fourth-order valence-electron chi connectivity index (χ4n) is 5.11. The minimum absolute atomic E-state index is 0.170. The number of hydrogen-bond acceptors (Lipinski definition) is 6. The van der Waals surface area contributed by atoms with Crippen molar-refractivity contribution >= 4 is 81.5 Å². The number of alkyl halides is 2. The van der Waals surface area contributed by atoms with Crippen LogP contribution in [0.5, 0.6) is 0 Å². The van der Waals surface area contributed by atoms with Crippen molar-refractivity contribution in [3.05, 3.63) is 129 Å². The van der Waals surface area contributed by atoms with Crippen molar-refractivity contribution in [3.63, 3.8) is 0 Å². The van der Waals surface area contributed by atoms with Crippen LogP contribution in [-0.2, 0) is 32.3 Å². The molecule has 2 amide bonds. The molecule has 12 heteroatoms. The fraction of sp³-hybridized carbons (Fsp3) is 0.222. The molecule has 1 unspecified atom stereocenters. The summed E-state index contributed by atoms with van der Waals surface area (Å²) in [6.07, 6.45) is 0.225. The molecule has 0 bridgehead atoms. The van der Waals surface area contributed by atoms with Gasteiger partial charge in [-0.1, -0.05) is 119 Å². The lowest BCUT2D eigenvalue weighted by molar-refractivity contribution is -0.126. The maximum atomic E-state index is 11.9. The number of ketones is 2. The summed E-state index contributed by atoms with van der Waals surface area (Å²) in [5, 5.41) is 6.19. The Kier molecular flexibility index (Phi) is 11.7. The molecule has 0 radical (unpaired) electrons. The number of carbonyl (C=O) groups is 4. The Morgan fingerprint density at radius 3 is 1.52 bits per heavy atom. The molecule has 2 aliphatic carbocycles. The monoisotopic (exact) mass is 726 g/mol. The van der Waals surface area contributed by atoms with E-state index in [0.717, 1.165) is 16.7 Å². The molecule has 2 fully saturated rings. The van der Waals surface area contributed by atoms with Crippen LogP contribution in [0.4, 0.5) is 21.0 Å². The maximum Gasteiger partial charge on any atom is 0.411 e. The molecule has 8 nitrogen and oxygen atoms in total. The zero-order valence-corrected chi connectivity index (χ0v) is 28.4. The van der Waals surface area contributed by atoms with E-state index in [0.29, 0.717) is 39.8 Å². The predicted octanol–water partition coefficient (Wildman–Crippen LogP) is 9.85. The van der Waals surface area contributed by atoms with Crippen LogP contribution >= 0.6 is 46.4 Å². The highest BCUT2D eigenvalue weighted by Gasteiger charge is 2.53. The van der Waals surface area contributed by atoms with Crippen LogP contribution < -0.4 is 10.6 Å². The Morgan fingerprint density at radius 1 is 0.667 bits per heavy atom. The maximum absolute atomic E-state index is 11.9. The van der Waals surface area contributed by atoms with Crippen molar-refractivity contribution in [1.82, 2.24) is 0 Å². The van der Waals surface area contributed by atoms with Crippen molar-refractivity contribution in [2.45, 2.75) is 48.6 Å². The van der Waals surface area contributed by atoms with Gasteiger partial charge in [0.15, 0.2) is 10.1 Å². The average molecular weight is 728 g/mol. The summed E-state index contributed by atoms with van der Waals surface area (Å²) in [6, 6.07) is 29.1. The van der Waals surface area contributed by atoms with E-state index in [2.05, 4.69) is 10.6 Å². The first kappa shape index (κ1) is 35.2.